The normalized spacial score (nSPS) is 28.0. The van der Waals surface area contributed by atoms with E-state index in [9.17, 15) is 27.9 Å². The highest BCUT2D eigenvalue weighted by atomic mass is 19.4. The Morgan fingerprint density at radius 3 is 2.19 bits per heavy atom. The summed E-state index contributed by atoms with van der Waals surface area (Å²) in [6, 6.07) is -1.73. The molecule has 2 aliphatic rings. The lowest BCUT2D eigenvalue weighted by Gasteiger charge is -2.36. The lowest BCUT2D eigenvalue weighted by atomic mass is 9.96. The predicted molar refractivity (Wildman–Crippen MR) is 64.5 cm³/mol. The van der Waals surface area contributed by atoms with Crippen LogP contribution in [0.4, 0.5) is 18.0 Å². The minimum absolute atomic E-state index is 0.0536. The first-order valence-electron chi connectivity index (χ1n) is 6.73. The van der Waals surface area contributed by atoms with Gasteiger partial charge in [-0.25, -0.2) is 9.59 Å². The quantitative estimate of drug-likeness (QED) is 0.754. The van der Waals surface area contributed by atoms with E-state index in [1.807, 2.05) is 0 Å². The van der Waals surface area contributed by atoms with Gasteiger partial charge in [0.1, 0.15) is 6.04 Å². The molecule has 0 spiro atoms. The number of carbonyl (C=O) groups excluding carboxylic acids is 1. The van der Waals surface area contributed by atoms with Crippen LogP contribution in [0.1, 0.15) is 19.3 Å². The fourth-order valence-electron chi connectivity index (χ4n) is 2.84. The van der Waals surface area contributed by atoms with E-state index < -0.39 is 36.2 Å². The van der Waals surface area contributed by atoms with Gasteiger partial charge in [-0.05, 0) is 12.8 Å². The second kappa shape index (κ2) is 5.70. The van der Waals surface area contributed by atoms with Crippen LogP contribution in [0.25, 0.3) is 0 Å². The van der Waals surface area contributed by atoms with E-state index >= 15 is 0 Å². The van der Waals surface area contributed by atoms with Gasteiger partial charge in [0.15, 0.2) is 0 Å². The van der Waals surface area contributed by atoms with Crippen LogP contribution >= 0.6 is 0 Å². The number of hydrogen-bond acceptors (Lipinski definition) is 3. The number of aliphatic hydroxyl groups excluding tert-OH is 1. The number of aliphatic carboxylic acids is 1. The van der Waals surface area contributed by atoms with Gasteiger partial charge in [-0.3, -0.25) is 0 Å². The summed E-state index contributed by atoms with van der Waals surface area (Å²) in [4.78, 5) is 25.5. The highest BCUT2D eigenvalue weighted by Crippen LogP contribution is 2.34. The Balaban J connectivity index is 1.97. The minimum atomic E-state index is -4.26. The average molecular weight is 310 g/mol. The van der Waals surface area contributed by atoms with Crippen molar-refractivity contribution < 1.29 is 33.0 Å². The van der Waals surface area contributed by atoms with Crippen LogP contribution < -0.4 is 0 Å². The summed E-state index contributed by atoms with van der Waals surface area (Å²) in [5, 5.41) is 18.5. The SMILES string of the molecule is O=C(O)[C@@H]1C[C@@H](O)CN1C(=O)N1CCC(C(F)(F)F)CC1. The highest BCUT2D eigenvalue weighted by Gasteiger charge is 2.44. The maximum absolute atomic E-state index is 12.6. The molecule has 2 saturated heterocycles. The fourth-order valence-corrected chi connectivity index (χ4v) is 2.84. The summed E-state index contributed by atoms with van der Waals surface area (Å²) in [7, 11) is 0. The van der Waals surface area contributed by atoms with Gasteiger partial charge in [0.2, 0.25) is 0 Å². The van der Waals surface area contributed by atoms with Crippen molar-refractivity contribution in [1.29, 1.82) is 0 Å². The molecule has 0 saturated carbocycles. The number of urea groups is 1. The molecule has 0 aromatic heterocycles. The number of aliphatic hydroxyl groups is 1. The highest BCUT2D eigenvalue weighted by molar-refractivity contribution is 5.83. The molecule has 0 bridgehead atoms. The molecule has 2 rings (SSSR count). The Morgan fingerprint density at radius 1 is 1.14 bits per heavy atom. The Morgan fingerprint density at radius 2 is 1.71 bits per heavy atom. The van der Waals surface area contributed by atoms with Crippen LogP contribution in [0.2, 0.25) is 0 Å². The summed E-state index contributed by atoms with van der Waals surface area (Å²) < 4.78 is 37.7. The number of β-amino-alcohol motifs (C(OH)–C–C–N with tert-alkyl or cyclic N) is 1. The molecule has 6 nitrogen and oxygen atoms in total. The molecule has 2 aliphatic heterocycles. The molecule has 2 N–H and O–H groups in total. The molecule has 0 unspecified atom stereocenters. The number of carbonyl (C=O) groups is 2. The second-order valence-electron chi connectivity index (χ2n) is 5.48. The molecule has 21 heavy (non-hydrogen) atoms. The van der Waals surface area contributed by atoms with E-state index in [4.69, 9.17) is 5.11 Å². The number of carboxylic acid groups (broad SMARTS) is 1. The molecular weight excluding hydrogens is 293 g/mol. The number of carboxylic acids is 1. The van der Waals surface area contributed by atoms with Gasteiger partial charge in [-0.15, -0.1) is 0 Å². The van der Waals surface area contributed by atoms with Gasteiger partial charge in [0, 0.05) is 26.1 Å². The van der Waals surface area contributed by atoms with Crippen LogP contribution in [0.3, 0.4) is 0 Å². The van der Waals surface area contributed by atoms with Crippen LogP contribution in [0.15, 0.2) is 0 Å². The van der Waals surface area contributed by atoms with Crippen LogP contribution in [0.5, 0.6) is 0 Å². The van der Waals surface area contributed by atoms with Gasteiger partial charge in [-0.2, -0.15) is 13.2 Å². The molecule has 0 radical (unpaired) electrons. The number of piperidine rings is 1. The Kier molecular flexibility index (Phi) is 4.31. The number of alkyl halides is 3. The summed E-state index contributed by atoms with van der Waals surface area (Å²) in [5.41, 5.74) is 0. The first-order valence-corrected chi connectivity index (χ1v) is 6.73. The monoisotopic (exact) mass is 310 g/mol. The zero-order valence-electron chi connectivity index (χ0n) is 11.2. The van der Waals surface area contributed by atoms with E-state index in [0.717, 1.165) is 4.90 Å². The zero-order valence-corrected chi connectivity index (χ0v) is 11.2. The van der Waals surface area contributed by atoms with E-state index in [1.165, 1.54) is 4.90 Å². The van der Waals surface area contributed by atoms with Gasteiger partial charge < -0.3 is 20.0 Å². The third-order valence-corrected chi connectivity index (χ3v) is 4.04. The van der Waals surface area contributed by atoms with Crippen LogP contribution in [-0.4, -0.2) is 70.0 Å². The van der Waals surface area contributed by atoms with Crippen molar-refractivity contribution in [3.05, 3.63) is 0 Å². The van der Waals surface area contributed by atoms with Gasteiger partial charge in [0.05, 0.1) is 12.0 Å². The molecule has 2 heterocycles. The first kappa shape index (κ1) is 15.9. The summed E-state index contributed by atoms with van der Waals surface area (Å²) in [5.74, 6) is -2.63. The lowest BCUT2D eigenvalue weighted by molar-refractivity contribution is -0.183. The van der Waals surface area contributed by atoms with Crippen molar-refractivity contribution >= 4 is 12.0 Å². The number of halogens is 3. The van der Waals surface area contributed by atoms with Gasteiger partial charge >= 0.3 is 18.2 Å². The molecule has 120 valence electrons. The summed E-state index contributed by atoms with van der Waals surface area (Å²) in [6.45, 7) is -0.209. The van der Waals surface area contributed by atoms with Gasteiger partial charge in [-0.1, -0.05) is 0 Å². The van der Waals surface area contributed by atoms with E-state index in [0.29, 0.717) is 0 Å². The van der Waals surface area contributed by atoms with Crippen molar-refractivity contribution in [1.82, 2.24) is 9.80 Å². The molecule has 9 heteroatoms. The number of nitrogens with zero attached hydrogens (tertiary/aromatic N) is 2. The summed E-state index contributed by atoms with van der Waals surface area (Å²) in [6.07, 6.45) is -5.59. The first-order chi connectivity index (χ1) is 9.70. The van der Waals surface area contributed by atoms with E-state index in [2.05, 4.69) is 0 Å². The molecule has 2 atom stereocenters. The largest absolute Gasteiger partial charge is 0.480 e. The molecule has 0 aromatic rings. The van der Waals surface area contributed by atoms with Crippen molar-refractivity contribution in [2.45, 2.75) is 37.6 Å². The number of hydrogen-bond donors (Lipinski definition) is 2. The third-order valence-electron chi connectivity index (χ3n) is 4.04. The van der Waals surface area contributed by atoms with Crippen molar-refractivity contribution in [3.8, 4) is 0 Å². The summed E-state index contributed by atoms with van der Waals surface area (Å²) >= 11 is 0. The molecular formula is C12H17F3N2O4. The number of rotatable bonds is 1. The van der Waals surface area contributed by atoms with Crippen molar-refractivity contribution in [3.63, 3.8) is 0 Å². The Hall–Kier alpha value is -1.51. The average Bonchev–Trinajstić information content (AvgIpc) is 2.79. The van der Waals surface area contributed by atoms with Crippen molar-refractivity contribution in [2.24, 2.45) is 5.92 Å². The van der Waals surface area contributed by atoms with Gasteiger partial charge in [0.25, 0.3) is 0 Å². The molecule has 0 aromatic carbocycles. The third kappa shape index (κ3) is 3.39. The minimum Gasteiger partial charge on any atom is -0.480 e. The van der Waals surface area contributed by atoms with Crippen LogP contribution in [0, 0.1) is 5.92 Å². The van der Waals surface area contributed by atoms with Crippen molar-refractivity contribution in [2.75, 3.05) is 19.6 Å². The Labute approximate surface area is 119 Å². The topological polar surface area (TPSA) is 81.1 Å². The smallest absolute Gasteiger partial charge is 0.391 e. The maximum atomic E-state index is 12.6. The standard InChI is InChI=1S/C12H17F3N2O4/c13-12(14,15)7-1-3-16(4-2-7)11(21)17-6-8(18)5-9(17)10(19)20/h7-9,18H,1-6H2,(H,19,20)/t8-,9+/m1/s1. The zero-order chi connectivity index (χ0) is 15.8. The second-order valence-corrected chi connectivity index (χ2v) is 5.48. The molecule has 2 amide bonds. The van der Waals surface area contributed by atoms with E-state index in [1.54, 1.807) is 0 Å². The maximum Gasteiger partial charge on any atom is 0.391 e. The fraction of sp³-hybridized carbons (Fsp3) is 0.833. The molecule has 0 aliphatic carbocycles. The Bertz CT molecular complexity index is 421. The molecule has 2 fully saturated rings. The number of likely N-dealkylation sites (tertiary alicyclic amines) is 2. The number of amides is 2. The predicted octanol–water partition coefficient (Wildman–Crippen LogP) is 0.901. The van der Waals surface area contributed by atoms with Crippen LogP contribution in [-0.2, 0) is 4.79 Å². The van der Waals surface area contributed by atoms with E-state index in [-0.39, 0.29) is 38.9 Å². The lowest BCUT2D eigenvalue weighted by Crippen LogP contribution is -2.51.